The van der Waals surface area contributed by atoms with E-state index in [1.54, 1.807) is 25.7 Å². The standard InChI is InChI=1S/C37H37ClFN7O5/c1-37(2,3)51-36(49)43-13-12-40-34(47)33-18-27(21-45(33)35(48)24-19-41-46(20-24)32-11-10-25(39)17-30(32)38)50-26-7-4-6-23(16-26)28-8-5-9-31-29(28)22-44(42-31)15-14-43/h4-11,16-17,19-20,22,27,33H,12-15,18,21H2,1-3H3,(H,40,47)/t27-,33-/m0/s1. The van der Waals surface area contributed by atoms with Crippen LogP contribution >= 0.6 is 11.6 Å². The fraction of sp³-hybridized carbons (Fsp3) is 0.324. The number of ether oxygens (including phenoxy) is 2. The van der Waals surface area contributed by atoms with Crippen LogP contribution in [-0.2, 0) is 16.1 Å². The van der Waals surface area contributed by atoms with Crippen molar-refractivity contribution in [1.82, 2.24) is 34.7 Å². The maximum Gasteiger partial charge on any atom is 0.410 e. The number of rotatable bonds is 2. The van der Waals surface area contributed by atoms with Crippen LogP contribution in [-0.4, -0.2) is 91.2 Å². The average Bonchev–Trinajstić information content (AvgIpc) is 3.83. The summed E-state index contributed by atoms with van der Waals surface area (Å²) >= 11 is 6.25. The van der Waals surface area contributed by atoms with Crippen LogP contribution in [0.4, 0.5) is 9.18 Å². The largest absolute Gasteiger partial charge is 0.488 e. The number of hydrogen-bond acceptors (Lipinski definition) is 7. The molecule has 3 aromatic carbocycles. The lowest BCUT2D eigenvalue weighted by atomic mass is 10.0. The van der Waals surface area contributed by atoms with E-state index in [0.717, 1.165) is 22.0 Å². The van der Waals surface area contributed by atoms with Gasteiger partial charge in [0.1, 0.15) is 29.3 Å². The quantitative estimate of drug-likeness (QED) is 0.249. The minimum Gasteiger partial charge on any atom is -0.488 e. The van der Waals surface area contributed by atoms with Gasteiger partial charge in [0.2, 0.25) is 5.91 Å². The van der Waals surface area contributed by atoms with E-state index in [-0.39, 0.29) is 49.1 Å². The maximum absolute atomic E-state index is 14.0. The van der Waals surface area contributed by atoms with Gasteiger partial charge in [-0.05, 0) is 68.3 Å². The summed E-state index contributed by atoms with van der Waals surface area (Å²) in [6, 6.07) is 16.6. The van der Waals surface area contributed by atoms with Gasteiger partial charge in [0.25, 0.3) is 5.91 Å². The van der Waals surface area contributed by atoms with Crippen LogP contribution in [0.2, 0.25) is 5.02 Å². The number of benzene rings is 3. The van der Waals surface area contributed by atoms with Crippen LogP contribution in [0, 0.1) is 5.82 Å². The van der Waals surface area contributed by atoms with E-state index in [0.29, 0.717) is 18.0 Å². The molecule has 2 aliphatic rings. The third kappa shape index (κ3) is 7.39. The van der Waals surface area contributed by atoms with Crippen LogP contribution in [0.15, 0.2) is 79.3 Å². The molecule has 0 radical (unpaired) electrons. The Hall–Kier alpha value is -5.43. The molecule has 4 heterocycles. The predicted molar refractivity (Wildman–Crippen MR) is 188 cm³/mol. The first-order valence-electron chi connectivity index (χ1n) is 16.7. The second-order valence-corrected chi connectivity index (χ2v) is 14.0. The molecule has 2 aromatic heterocycles. The number of hydrogen-bond donors (Lipinski definition) is 1. The molecule has 1 saturated heterocycles. The summed E-state index contributed by atoms with van der Waals surface area (Å²) in [5.41, 5.74) is 2.60. The molecule has 264 valence electrons. The van der Waals surface area contributed by atoms with Crippen molar-refractivity contribution in [2.75, 3.05) is 26.2 Å². The highest BCUT2D eigenvalue weighted by Crippen LogP contribution is 2.32. The van der Waals surface area contributed by atoms with Gasteiger partial charge in [-0.25, -0.2) is 13.9 Å². The predicted octanol–water partition coefficient (Wildman–Crippen LogP) is 5.71. The van der Waals surface area contributed by atoms with Crippen molar-refractivity contribution in [2.45, 2.75) is 51.5 Å². The van der Waals surface area contributed by atoms with Crippen molar-refractivity contribution in [1.29, 1.82) is 0 Å². The summed E-state index contributed by atoms with van der Waals surface area (Å²) in [5.74, 6) is -0.706. The van der Waals surface area contributed by atoms with E-state index < -0.39 is 35.6 Å². The second-order valence-electron chi connectivity index (χ2n) is 13.6. The Bertz CT molecular complexity index is 2130. The zero-order chi connectivity index (χ0) is 35.9. The number of aromatic nitrogens is 4. The van der Waals surface area contributed by atoms with E-state index in [1.165, 1.54) is 40.2 Å². The molecule has 51 heavy (non-hydrogen) atoms. The molecule has 5 aromatic rings. The van der Waals surface area contributed by atoms with E-state index in [9.17, 15) is 18.8 Å². The summed E-state index contributed by atoms with van der Waals surface area (Å²) in [7, 11) is 0. The third-order valence-corrected chi connectivity index (χ3v) is 9.09. The van der Waals surface area contributed by atoms with E-state index in [1.807, 2.05) is 53.3 Å². The van der Waals surface area contributed by atoms with Gasteiger partial charge < -0.3 is 24.6 Å². The minimum absolute atomic E-state index is 0.121. The summed E-state index contributed by atoms with van der Waals surface area (Å²) in [6.07, 6.45) is 4.07. The molecule has 1 N–H and O–H groups in total. The Morgan fingerprint density at radius 2 is 1.86 bits per heavy atom. The second kappa shape index (κ2) is 13.7. The first-order chi connectivity index (χ1) is 24.4. The smallest absolute Gasteiger partial charge is 0.410 e. The summed E-state index contributed by atoms with van der Waals surface area (Å²) in [5, 5.41) is 13.1. The maximum atomic E-state index is 14.0. The molecule has 0 aliphatic carbocycles. The highest BCUT2D eigenvalue weighted by atomic mass is 35.5. The topological polar surface area (TPSA) is 124 Å². The molecular weight excluding hydrogens is 677 g/mol. The van der Waals surface area contributed by atoms with Crippen LogP contribution in [0.3, 0.4) is 0 Å². The number of carbonyl (C=O) groups is 3. The average molecular weight is 714 g/mol. The fourth-order valence-electron chi connectivity index (χ4n) is 6.42. The Kier molecular flexibility index (Phi) is 9.15. The van der Waals surface area contributed by atoms with Crippen LogP contribution < -0.4 is 10.1 Å². The Labute approximate surface area is 298 Å². The highest BCUT2D eigenvalue weighted by molar-refractivity contribution is 6.32. The lowest BCUT2D eigenvalue weighted by molar-refractivity contribution is -0.125. The highest BCUT2D eigenvalue weighted by Gasteiger charge is 2.41. The van der Waals surface area contributed by atoms with Gasteiger partial charge in [0.15, 0.2) is 0 Å². The number of likely N-dealkylation sites (tertiary alicyclic amines) is 1. The molecule has 0 spiro atoms. The van der Waals surface area contributed by atoms with Crippen molar-refractivity contribution < 1.29 is 28.2 Å². The Morgan fingerprint density at radius 1 is 1.04 bits per heavy atom. The van der Waals surface area contributed by atoms with Gasteiger partial charge in [0, 0.05) is 43.8 Å². The zero-order valence-electron chi connectivity index (χ0n) is 28.4. The summed E-state index contributed by atoms with van der Waals surface area (Å²) in [6.45, 7) is 6.51. The minimum atomic E-state index is -0.869. The van der Waals surface area contributed by atoms with Gasteiger partial charge in [-0.1, -0.05) is 35.9 Å². The number of halogens is 2. The van der Waals surface area contributed by atoms with Crippen LogP contribution in [0.25, 0.3) is 27.7 Å². The lowest BCUT2D eigenvalue weighted by Gasteiger charge is -2.28. The molecule has 3 amide bonds. The van der Waals surface area contributed by atoms with Crippen molar-refractivity contribution >= 4 is 40.4 Å². The van der Waals surface area contributed by atoms with E-state index in [4.69, 9.17) is 26.2 Å². The van der Waals surface area contributed by atoms with E-state index >= 15 is 0 Å². The molecule has 2 aliphatic heterocycles. The first kappa shape index (κ1) is 34.0. The first-order valence-corrected chi connectivity index (χ1v) is 17.1. The molecule has 14 heteroatoms. The number of carbonyl (C=O) groups excluding carboxylic acids is 3. The summed E-state index contributed by atoms with van der Waals surface area (Å²) in [4.78, 5) is 44.1. The SMILES string of the molecule is CC(C)(C)OC(=O)N1CCNC(=O)[C@@H]2C[C@@H](CN2C(=O)c2cnn(-c3ccc(F)cc3Cl)c2)Oc2cccc(c2)-c2cccc3nn(cc23)CC1. The van der Waals surface area contributed by atoms with Gasteiger partial charge in [-0.3, -0.25) is 14.3 Å². The molecule has 1 fully saturated rings. The van der Waals surface area contributed by atoms with Crippen molar-refractivity contribution in [3.8, 4) is 22.6 Å². The Balaban J connectivity index is 1.21. The molecule has 12 nitrogen and oxygen atoms in total. The molecule has 6 bridgehead atoms. The van der Waals surface area contributed by atoms with Gasteiger partial charge in [-0.2, -0.15) is 10.2 Å². The number of fused-ring (bicyclic) bond motifs is 6. The van der Waals surface area contributed by atoms with E-state index in [2.05, 4.69) is 10.4 Å². The normalized spacial score (nSPS) is 18.3. The third-order valence-electron chi connectivity index (χ3n) is 8.79. The van der Waals surface area contributed by atoms with Crippen molar-refractivity contribution in [3.63, 3.8) is 0 Å². The van der Waals surface area contributed by atoms with Gasteiger partial charge in [-0.15, -0.1) is 0 Å². The molecule has 2 atom stereocenters. The van der Waals surface area contributed by atoms with Crippen LogP contribution in [0.5, 0.6) is 5.75 Å². The number of nitrogens with zero attached hydrogens (tertiary/aromatic N) is 6. The van der Waals surface area contributed by atoms with Crippen LogP contribution in [0.1, 0.15) is 37.6 Å². The monoisotopic (exact) mass is 713 g/mol. The number of amides is 3. The molecule has 0 saturated carbocycles. The summed E-state index contributed by atoms with van der Waals surface area (Å²) < 4.78 is 29.0. The lowest BCUT2D eigenvalue weighted by Crippen LogP contribution is -2.48. The van der Waals surface area contributed by atoms with Crippen molar-refractivity contribution in [3.05, 3.63) is 95.7 Å². The fourth-order valence-corrected chi connectivity index (χ4v) is 6.67. The Morgan fingerprint density at radius 3 is 2.67 bits per heavy atom. The molecular formula is C37H37ClFN7O5. The van der Waals surface area contributed by atoms with Gasteiger partial charge >= 0.3 is 6.09 Å². The van der Waals surface area contributed by atoms with Crippen molar-refractivity contribution in [2.24, 2.45) is 0 Å². The zero-order valence-corrected chi connectivity index (χ0v) is 29.1. The number of nitrogens with one attached hydrogen (secondary N) is 1. The van der Waals surface area contributed by atoms with Gasteiger partial charge in [0.05, 0.1) is 41.1 Å². The molecule has 0 unspecified atom stereocenters. The molecule has 7 rings (SSSR count).